The van der Waals surface area contributed by atoms with Crippen molar-refractivity contribution in [2.45, 2.75) is 0 Å². The fraction of sp³-hybridized carbons (Fsp3) is 0.0556. The van der Waals surface area contributed by atoms with Crippen LogP contribution in [0.25, 0.3) is 10.9 Å². The van der Waals surface area contributed by atoms with Gasteiger partial charge in [0.05, 0.1) is 23.9 Å². The molecule has 7 nitrogen and oxygen atoms in total. The standard InChI is InChI=1S/C18H13ClFN3O4/c1-26-15-7-12-9(6-10(15)18(21)25)13(4-5-22-12)27-14-3-2-11(23-8-24)16(19)17(14)20/h2-8H,1H3,(H2,21,25)(H,23,24). The van der Waals surface area contributed by atoms with Crippen LogP contribution in [0.5, 0.6) is 17.2 Å². The number of aromatic nitrogens is 1. The Labute approximate surface area is 157 Å². The van der Waals surface area contributed by atoms with E-state index in [0.29, 0.717) is 17.3 Å². The molecule has 1 heterocycles. The van der Waals surface area contributed by atoms with Crippen molar-refractivity contribution in [3.63, 3.8) is 0 Å². The van der Waals surface area contributed by atoms with Crippen LogP contribution in [0.15, 0.2) is 36.5 Å². The van der Waals surface area contributed by atoms with Gasteiger partial charge >= 0.3 is 0 Å². The number of nitrogens with two attached hydrogens (primary N) is 1. The number of hydrogen-bond donors (Lipinski definition) is 2. The van der Waals surface area contributed by atoms with Crippen LogP contribution in [0.2, 0.25) is 5.02 Å². The number of rotatable bonds is 6. The van der Waals surface area contributed by atoms with Gasteiger partial charge < -0.3 is 20.5 Å². The van der Waals surface area contributed by atoms with Crippen molar-refractivity contribution >= 4 is 40.5 Å². The summed E-state index contributed by atoms with van der Waals surface area (Å²) in [6.07, 6.45) is 1.85. The summed E-state index contributed by atoms with van der Waals surface area (Å²) in [6, 6.07) is 7.21. The Morgan fingerprint density at radius 1 is 1.26 bits per heavy atom. The molecule has 9 heteroatoms. The summed E-state index contributed by atoms with van der Waals surface area (Å²) in [4.78, 5) is 26.4. The predicted octanol–water partition coefficient (Wildman–Crippen LogP) is 3.50. The Morgan fingerprint density at radius 3 is 2.70 bits per heavy atom. The average molecular weight is 390 g/mol. The fourth-order valence-electron chi connectivity index (χ4n) is 2.50. The molecule has 0 saturated carbocycles. The minimum absolute atomic E-state index is 0.108. The van der Waals surface area contributed by atoms with Crippen molar-refractivity contribution in [1.29, 1.82) is 0 Å². The van der Waals surface area contributed by atoms with Crippen molar-refractivity contribution in [3.05, 3.63) is 52.9 Å². The molecule has 3 rings (SSSR count). The number of methoxy groups -OCH3 is 1. The van der Waals surface area contributed by atoms with E-state index in [-0.39, 0.29) is 33.5 Å². The molecule has 0 spiro atoms. The highest BCUT2D eigenvalue weighted by molar-refractivity contribution is 6.33. The van der Waals surface area contributed by atoms with Gasteiger partial charge in [0, 0.05) is 17.6 Å². The highest BCUT2D eigenvalue weighted by Crippen LogP contribution is 2.37. The molecule has 27 heavy (non-hydrogen) atoms. The van der Waals surface area contributed by atoms with E-state index in [1.807, 2.05) is 0 Å². The molecule has 1 aromatic heterocycles. The zero-order valence-corrected chi connectivity index (χ0v) is 14.7. The molecule has 0 aliphatic rings. The number of carbonyl (C=O) groups excluding carboxylic acids is 2. The molecule has 0 aliphatic carbocycles. The highest BCUT2D eigenvalue weighted by atomic mass is 35.5. The number of primary amides is 1. The summed E-state index contributed by atoms with van der Waals surface area (Å²) in [5.41, 5.74) is 6.08. The van der Waals surface area contributed by atoms with Crippen LogP contribution in [-0.2, 0) is 4.79 Å². The Hall–Kier alpha value is -3.39. The largest absolute Gasteiger partial charge is 0.496 e. The number of benzene rings is 2. The van der Waals surface area contributed by atoms with Crippen LogP contribution in [0.3, 0.4) is 0 Å². The predicted molar refractivity (Wildman–Crippen MR) is 98.0 cm³/mol. The monoisotopic (exact) mass is 389 g/mol. The van der Waals surface area contributed by atoms with Crippen molar-refractivity contribution < 1.29 is 23.5 Å². The number of ether oxygens (including phenoxy) is 2. The second-order valence-electron chi connectivity index (χ2n) is 5.35. The van der Waals surface area contributed by atoms with Crippen LogP contribution >= 0.6 is 11.6 Å². The molecule has 3 N–H and O–H groups in total. The number of halogens is 2. The molecule has 2 aromatic carbocycles. The summed E-state index contributed by atoms with van der Waals surface area (Å²) in [6.45, 7) is 0. The van der Waals surface area contributed by atoms with Gasteiger partial charge in [0.15, 0.2) is 11.6 Å². The molecular formula is C18H13ClFN3O4. The summed E-state index contributed by atoms with van der Waals surface area (Å²) < 4.78 is 25.3. The number of pyridine rings is 1. The van der Waals surface area contributed by atoms with Crippen molar-refractivity contribution in [1.82, 2.24) is 4.98 Å². The van der Waals surface area contributed by atoms with Gasteiger partial charge in [-0.25, -0.2) is 4.39 Å². The lowest BCUT2D eigenvalue weighted by molar-refractivity contribution is -0.105. The van der Waals surface area contributed by atoms with Crippen molar-refractivity contribution in [2.75, 3.05) is 12.4 Å². The summed E-state index contributed by atoms with van der Waals surface area (Å²) in [5.74, 6) is -1.21. The number of hydrogen-bond acceptors (Lipinski definition) is 5. The smallest absolute Gasteiger partial charge is 0.252 e. The molecule has 0 bridgehead atoms. The highest BCUT2D eigenvalue weighted by Gasteiger charge is 2.17. The number of nitrogens with one attached hydrogen (secondary N) is 1. The van der Waals surface area contributed by atoms with Crippen LogP contribution < -0.4 is 20.5 Å². The maximum absolute atomic E-state index is 14.5. The van der Waals surface area contributed by atoms with Crippen LogP contribution in [-0.4, -0.2) is 24.4 Å². The van der Waals surface area contributed by atoms with E-state index in [9.17, 15) is 14.0 Å². The van der Waals surface area contributed by atoms with Crippen LogP contribution in [0.1, 0.15) is 10.4 Å². The third kappa shape index (κ3) is 3.47. The van der Waals surface area contributed by atoms with Gasteiger partial charge in [0.1, 0.15) is 16.5 Å². The van der Waals surface area contributed by atoms with Crippen LogP contribution in [0, 0.1) is 5.82 Å². The molecular weight excluding hydrogens is 377 g/mol. The van der Waals surface area contributed by atoms with Gasteiger partial charge in [0.2, 0.25) is 6.41 Å². The first kappa shape index (κ1) is 18.4. The van der Waals surface area contributed by atoms with Crippen molar-refractivity contribution in [3.8, 4) is 17.2 Å². The molecule has 0 saturated heterocycles. The Balaban J connectivity index is 2.10. The lowest BCUT2D eigenvalue weighted by Gasteiger charge is -2.13. The first-order valence-electron chi connectivity index (χ1n) is 7.58. The maximum Gasteiger partial charge on any atom is 0.252 e. The molecule has 3 aromatic rings. The minimum atomic E-state index is -0.850. The number of fused-ring (bicyclic) bond motifs is 1. The molecule has 0 radical (unpaired) electrons. The Morgan fingerprint density at radius 2 is 2.04 bits per heavy atom. The van der Waals surface area contributed by atoms with Gasteiger partial charge in [-0.05, 0) is 24.3 Å². The summed E-state index contributed by atoms with van der Waals surface area (Å²) in [5, 5.41) is 2.42. The molecule has 0 aliphatic heterocycles. The third-order valence-corrected chi connectivity index (χ3v) is 4.14. The quantitative estimate of drug-likeness (QED) is 0.628. The lowest BCUT2D eigenvalue weighted by Crippen LogP contribution is -2.12. The van der Waals surface area contributed by atoms with Gasteiger partial charge in [0.25, 0.3) is 5.91 Å². The lowest BCUT2D eigenvalue weighted by atomic mass is 10.1. The minimum Gasteiger partial charge on any atom is -0.496 e. The average Bonchev–Trinajstić information content (AvgIpc) is 2.66. The first-order valence-corrected chi connectivity index (χ1v) is 7.96. The van der Waals surface area contributed by atoms with Gasteiger partial charge in [-0.3, -0.25) is 14.6 Å². The molecule has 0 unspecified atom stereocenters. The van der Waals surface area contributed by atoms with E-state index >= 15 is 0 Å². The number of carbonyl (C=O) groups is 2. The van der Waals surface area contributed by atoms with E-state index < -0.39 is 11.7 Å². The fourth-order valence-corrected chi connectivity index (χ4v) is 2.71. The zero-order chi connectivity index (χ0) is 19.6. The number of anilines is 1. The van der Waals surface area contributed by atoms with Gasteiger partial charge in [-0.15, -0.1) is 0 Å². The van der Waals surface area contributed by atoms with Crippen molar-refractivity contribution in [2.24, 2.45) is 5.73 Å². The second kappa shape index (κ2) is 7.46. The zero-order valence-electron chi connectivity index (χ0n) is 14.0. The Kier molecular flexibility index (Phi) is 5.09. The second-order valence-corrected chi connectivity index (χ2v) is 5.72. The molecule has 138 valence electrons. The third-order valence-electron chi connectivity index (χ3n) is 3.77. The summed E-state index contributed by atoms with van der Waals surface area (Å²) in [7, 11) is 1.40. The van der Waals surface area contributed by atoms with E-state index in [0.717, 1.165) is 0 Å². The molecule has 2 amide bonds. The number of nitrogens with zero attached hydrogens (tertiary/aromatic N) is 1. The van der Waals surface area contributed by atoms with Gasteiger partial charge in [-0.1, -0.05) is 11.6 Å². The summed E-state index contributed by atoms with van der Waals surface area (Å²) >= 11 is 5.90. The number of amides is 2. The van der Waals surface area contributed by atoms with E-state index in [2.05, 4.69) is 10.3 Å². The van der Waals surface area contributed by atoms with Crippen LogP contribution in [0.4, 0.5) is 10.1 Å². The Bertz CT molecular complexity index is 1060. The van der Waals surface area contributed by atoms with Gasteiger partial charge in [-0.2, -0.15) is 0 Å². The molecule has 0 atom stereocenters. The molecule has 0 fully saturated rings. The SMILES string of the molecule is COc1cc2nccc(Oc3ccc(NC=O)c(Cl)c3F)c2cc1C(N)=O. The normalized spacial score (nSPS) is 10.5. The maximum atomic E-state index is 14.5. The van der Waals surface area contributed by atoms with E-state index in [4.69, 9.17) is 26.8 Å². The first-order chi connectivity index (χ1) is 13.0. The topological polar surface area (TPSA) is 104 Å². The van der Waals surface area contributed by atoms with E-state index in [1.54, 1.807) is 0 Å². The van der Waals surface area contributed by atoms with E-state index in [1.165, 1.54) is 43.6 Å².